The predicted octanol–water partition coefficient (Wildman–Crippen LogP) is 4.30. The van der Waals surface area contributed by atoms with Crippen molar-refractivity contribution in [3.63, 3.8) is 0 Å². The summed E-state index contributed by atoms with van der Waals surface area (Å²) < 4.78 is 18.8. The van der Waals surface area contributed by atoms with E-state index in [1.54, 1.807) is 19.2 Å². The average molecular weight is 368 g/mol. The Morgan fingerprint density at radius 3 is 2.56 bits per heavy atom. The molecule has 0 atom stereocenters. The van der Waals surface area contributed by atoms with Gasteiger partial charge in [0.2, 0.25) is 0 Å². The molecule has 3 rings (SSSR count). The molecule has 3 aromatic rings. The second kappa shape index (κ2) is 8.35. The third-order valence-corrected chi connectivity index (χ3v) is 4.19. The van der Waals surface area contributed by atoms with Crippen LogP contribution in [0.25, 0.3) is 0 Å². The summed E-state index contributed by atoms with van der Waals surface area (Å²) in [5, 5.41) is 12.4. The van der Waals surface area contributed by atoms with Crippen LogP contribution in [0, 0.1) is 12.7 Å². The fraction of sp³-hybridized carbons (Fsp3) is 0.200. The molecule has 2 amide bonds. The number of ether oxygens (including phenoxy) is 1. The smallest absolute Gasteiger partial charge is 0.323 e. The standard InChI is InChI=1S/C20H21FN4O2/c1-13-19(23-20(26)22-17-6-4-3-5-16(17)21)18(25-24-13)12-9-14-7-10-15(27-2)11-8-14/h3-8,10-11H,9,12H2,1-2H3,(H,24,25)(H2,22,23,26). The Kier molecular flexibility index (Phi) is 5.71. The molecule has 0 saturated heterocycles. The number of hydrogen-bond donors (Lipinski definition) is 3. The van der Waals surface area contributed by atoms with Crippen molar-refractivity contribution < 1.29 is 13.9 Å². The van der Waals surface area contributed by atoms with E-state index in [4.69, 9.17) is 4.74 Å². The highest BCUT2D eigenvalue weighted by Crippen LogP contribution is 2.21. The molecule has 0 saturated carbocycles. The Labute approximate surface area is 156 Å². The van der Waals surface area contributed by atoms with E-state index in [1.165, 1.54) is 12.1 Å². The van der Waals surface area contributed by atoms with E-state index in [0.717, 1.165) is 29.1 Å². The largest absolute Gasteiger partial charge is 0.497 e. The second-order valence-corrected chi connectivity index (χ2v) is 6.08. The second-order valence-electron chi connectivity index (χ2n) is 6.08. The van der Waals surface area contributed by atoms with Gasteiger partial charge < -0.3 is 15.4 Å². The zero-order valence-corrected chi connectivity index (χ0v) is 15.2. The molecule has 0 unspecified atom stereocenters. The van der Waals surface area contributed by atoms with Gasteiger partial charge in [-0.1, -0.05) is 24.3 Å². The number of anilines is 2. The van der Waals surface area contributed by atoms with Gasteiger partial charge in [-0.25, -0.2) is 9.18 Å². The first-order valence-corrected chi connectivity index (χ1v) is 8.56. The van der Waals surface area contributed by atoms with Crippen LogP contribution in [0.2, 0.25) is 0 Å². The van der Waals surface area contributed by atoms with Gasteiger partial charge in [0, 0.05) is 0 Å². The number of urea groups is 1. The van der Waals surface area contributed by atoms with Crippen LogP contribution >= 0.6 is 0 Å². The maximum absolute atomic E-state index is 13.7. The van der Waals surface area contributed by atoms with Crippen molar-refractivity contribution in [1.82, 2.24) is 10.2 Å². The minimum absolute atomic E-state index is 0.121. The van der Waals surface area contributed by atoms with Crippen molar-refractivity contribution in [3.8, 4) is 5.75 Å². The van der Waals surface area contributed by atoms with Crippen LogP contribution in [0.15, 0.2) is 48.5 Å². The van der Waals surface area contributed by atoms with Gasteiger partial charge in [0.1, 0.15) is 11.6 Å². The quantitative estimate of drug-likeness (QED) is 0.607. The molecule has 0 radical (unpaired) electrons. The normalized spacial score (nSPS) is 10.5. The summed E-state index contributed by atoms with van der Waals surface area (Å²) in [5.41, 5.74) is 3.35. The molecule has 2 aromatic carbocycles. The number of carbonyl (C=O) groups is 1. The van der Waals surface area contributed by atoms with Crippen LogP contribution < -0.4 is 15.4 Å². The van der Waals surface area contributed by atoms with Crippen LogP contribution in [0.4, 0.5) is 20.6 Å². The van der Waals surface area contributed by atoms with Crippen LogP contribution in [0.5, 0.6) is 5.75 Å². The number of nitrogens with one attached hydrogen (secondary N) is 3. The zero-order valence-electron chi connectivity index (χ0n) is 15.2. The lowest BCUT2D eigenvalue weighted by atomic mass is 10.1. The number of aromatic nitrogens is 2. The highest BCUT2D eigenvalue weighted by Gasteiger charge is 2.14. The summed E-state index contributed by atoms with van der Waals surface area (Å²) in [4.78, 5) is 12.2. The molecule has 0 aliphatic rings. The Morgan fingerprint density at radius 1 is 1.11 bits per heavy atom. The molecule has 0 fully saturated rings. The van der Waals surface area contributed by atoms with E-state index in [0.29, 0.717) is 12.1 Å². The summed E-state index contributed by atoms with van der Waals surface area (Å²) in [6.07, 6.45) is 1.41. The molecule has 0 aliphatic carbocycles. The van der Waals surface area contributed by atoms with E-state index >= 15 is 0 Å². The molecule has 0 aliphatic heterocycles. The fourth-order valence-corrected chi connectivity index (χ4v) is 2.71. The maximum atomic E-state index is 13.7. The van der Waals surface area contributed by atoms with E-state index in [-0.39, 0.29) is 5.69 Å². The van der Waals surface area contributed by atoms with Gasteiger partial charge in [-0.05, 0) is 49.6 Å². The number of hydrogen-bond acceptors (Lipinski definition) is 3. The van der Waals surface area contributed by atoms with Crippen LogP contribution in [0.1, 0.15) is 17.0 Å². The summed E-state index contributed by atoms with van der Waals surface area (Å²) in [6.45, 7) is 1.82. The Bertz CT molecular complexity index is 922. The summed E-state index contributed by atoms with van der Waals surface area (Å²) in [5.74, 6) is 0.317. The number of amides is 2. The van der Waals surface area contributed by atoms with Crippen molar-refractivity contribution in [1.29, 1.82) is 0 Å². The van der Waals surface area contributed by atoms with Gasteiger partial charge in [0.25, 0.3) is 0 Å². The monoisotopic (exact) mass is 368 g/mol. The SMILES string of the molecule is COc1ccc(CCc2n[nH]c(C)c2NC(=O)Nc2ccccc2F)cc1. The topological polar surface area (TPSA) is 79.0 Å². The molecule has 140 valence electrons. The van der Waals surface area contributed by atoms with Crippen LogP contribution in [0.3, 0.4) is 0 Å². The van der Waals surface area contributed by atoms with E-state index in [1.807, 2.05) is 31.2 Å². The Morgan fingerprint density at radius 2 is 1.85 bits per heavy atom. The molecule has 27 heavy (non-hydrogen) atoms. The number of nitrogens with zero attached hydrogens (tertiary/aromatic N) is 1. The number of rotatable bonds is 6. The van der Waals surface area contributed by atoms with Gasteiger partial charge >= 0.3 is 6.03 Å². The van der Waals surface area contributed by atoms with Crippen molar-refractivity contribution in [2.24, 2.45) is 0 Å². The van der Waals surface area contributed by atoms with E-state index < -0.39 is 11.8 Å². The summed E-state index contributed by atoms with van der Waals surface area (Å²) in [6, 6.07) is 13.3. The minimum Gasteiger partial charge on any atom is -0.497 e. The fourth-order valence-electron chi connectivity index (χ4n) is 2.71. The number of halogens is 1. The van der Waals surface area contributed by atoms with Crippen LogP contribution in [-0.4, -0.2) is 23.3 Å². The Balaban J connectivity index is 1.65. The number of methoxy groups -OCH3 is 1. The third-order valence-electron chi connectivity index (χ3n) is 4.19. The van der Waals surface area contributed by atoms with Gasteiger partial charge in [-0.3, -0.25) is 5.10 Å². The zero-order chi connectivity index (χ0) is 19.2. The number of para-hydroxylation sites is 1. The lowest BCUT2D eigenvalue weighted by molar-refractivity contribution is 0.262. The lowest BCUT2D eigenvalue weighted by Crippen LogP contribution is -2.21. The third kappa shape index (κ3) is 4.63. The number of benzene rings is 2. The maximum Gasteiger partial charge on any atom is 0.323 e. The van der Waals surface area contributed by atoms with Crippen molar-refractivity contribution in [3.05, 3.63) is 71.3 Å². The van der Waals surface area contributed by atoms with Gasteiger partial charge in [-0.15, -0.1) is 0 Å². The number of aromatic amines is 1. The molecule has 3 N–H and O–H groups in total. The molecule has 1 heterocycles. The van der Waals surface area contributed by atoms with E-state index in [2.05, 4.69) is 20.8 Å². The number of H-pyrrole nitrogens is 1. The first-order valence-electron chi connectivity index (χ1n) is 8.56. The van der Waals surface area contributed by atoms with Gasteiger partial charge in [0.15, 0.2) is 0 Å². The highest BCUT2D eigenvalue weighted by atomic mass is 19.1. The molecule has 7 heteroatoms. The van der Waals surface area contributed by atoms with Gasteiger partial charge in [-0.2, -0.15) is 5.10 Å². The number of aryl methyl sites for hydroxylation is 3. The average Bonchev–Trinajstić information content (AvgIpc) is 3.02. The summed E-state index contributed by atoms with van der Waals surface area (Å²) >= 11 is 0. The first kappa shape index (κ1) is 18.4. The minimum atomic E-state index is -0.518. The summed E-state index contributed by atoms with van der Waals surface area (Å²) in [7, 11) is 1.63. The molecular weight excluding hydrogens is 347 g/mol. The molecular formula is C20H21FN4O2. The van der Waals surface area contributed by atoms with Crippen molar-refractivity contribution in [2.75, 3.05) is 17.7 Å². The Hall–Kier alpha value is -3.35. The molecule has 6 nitrogen and oxygen atoms in total. The highest BCUT2D eigenvalue weighted by molar-refractivity contribution is 6.00. The molecule has 1 aromatic heterocycles. The predicted molar refractivity (Wildman–Crippen MR) is 103 cm³/mol. The number of carbonyl (C=O) groups excluding carboxylic acids is 1. The van der Waals surface area contributed by atoms with Gasteiger partial charge in [0.05, 0.1) is 29.9 Å². The lowest BCUT2D eigenvalue weighted by Gasteiger charge is -2.09. The molecule has 0 spiro atoms. The van der Waals surface area contributed by atoms with Crippen molar-refractivity contribution in [2.45, 2.75) is 19.8 Å². The first-order chi connectivity index (χ1) is 13.1. The molecule has 0 bridgehead atoms. The van der Waals surface area contributed by atoms with Crippen molar-refractivity contribution >= 4 is 17.4 Å². The van der Waals surface area contributed by atoms with Crippen LogP contribution in [-0.2, 0) is 12.8 Å². The van der Waals surface area contributed by atoms with E-state index in [9.17, 15) is 9.18 Å².